The van der Waals surface area contributed by atoms with Gasteiger partial charge in [-0.25, -0.2) is 0 Å². The fourth-order valence-corrected chi connectivity index (χ4v) is 2.40. The molecule has 1 amide bonds. The summed E-state index contributed by atoms with van der Waals surface area (Å²) in [5.41, 5.74) is 1.33. The molecule has 1 unspecified atom stereocenters. The minimum absolute atomic E-state index is 0.0336. The lowest BCUT2D eigenvalue weighted by Gasteiger charge is -2.35. The summed E-state index contributed by atoms with van der Waals surface area (Å²) in [6, 6.07) is 10.9. The number of hydrogen-bond acceptors (Lipinski definition) is 3. The highest BCUT2D eigenvalue weighted by Crippen LogP contribution is 2.14. The first-order valence-corrected chi connectivity index (χ1v) is 6.86. The molecule has 1 fully saturated rings. The first-order valence-electron chi connectivity index (χ1n) is 6.86. The van der Waals surface area contributed by atoms with Crippen molar-refractivity contribution in [3.05, 3.63) is 35.9 Å². The molecule has 4 heteroatoms. The number of rotatable bonds is 5. The van der Waals surface area contributed by atoms with Crippen molar-refractivity contribution >= 4 is 5.91 Å². The van der Waals surface area contributed by atoms with Crippen LogP contribution >= 0.6 is 0 Å². The standard InChI is InChI=1S/C15H22N2O2/c1-13(18)16-8-7-15-12-19-10-9-17(15)11-14-5-3-2-4-6-14/h2-6,15H,7-12H2,1H3,(H,16,18). The number of ether oxygens (including phenoxy) is 1. The molecular formula is C15H22N2O2. The van der Waals surface area contributed by atoms with E-state index in [1.165, 1.54) is 5.56 Å². The van der Waals surface area contributed by atoms with E-state index in [4.69, 9.17) is 4.74 Å². The average Bonchev–Trinajstić information content (AvgIpc) is 2.41. The molecule has 4 nitrogen and oxygen atoms in total. The van der Waals surface area contributed by atoms with Crippen LogP contribution in [0.15, 0.2) is 30.3 Å². The lowest BCUT2D eigenvalue weighted by molar-refractivity contribution is -0.119. The second-order valence-corrected chi connectivity index (χ2v) is 4.96. The van der Waals surface area contributed by atoms with Crippen LogP contribution in [0.3, 0.4) is 0 Å². The molecule has 1 heterocycles. The number of morpholine rings is 1. The molecule has 19 heavy (non-hydrogen) atoms. The van der Waals surface area contributed by atoms with Crippen LogP contribution in [0.5, 0.6) is 0 Å². The van der Waals surface area contributed by atoms with E-state index in [0.717, 1.165) is 32.7 Å². The summed E-state index contributed by atoms with van der Waals surface area (Å²) in [6.45, 7) is 5.73. The minimum atomic E-state index is 0.0336. The average molecular weight is 262 g/mol. The molecule has 0 spiro atoms. The van der Waals surface area contributed by atoms with Crippen molar-refractivity contribution < 1.29 is 9.53 Å². The third-order valence-electron chi connectivity index (χ3n) is 3.43. The Morgan fingerprint density at radius 3 is 2.95 bits per heavy atom. The van der Waals surface area contributed by atoms with Gasteiger partial charge in [0.1, 0.15) is 0 Å². The zero-order chi connectivity index (χ0) is 13.5. The fraction of sp³-hybridized carbons (Fsp3) is 0.533. The minimum Gasteiger partial charge on any atom is -0.378 e. The predicted molar refractivity (Wildman–Crippen MR) is 74.8 cm³/mol. The van der Waals surface area contributed by atoms with Gasteiger partial charge in [0.2, 0.25) is 5.91 Å². The molecule has 1 aliphatic rings. The van der Waals surface area contributed by atoms with Gasteiger partial charge in [0.25, 0.3) is 0 Å². The molecule has 104 valence electrons. The molecule has 0 radical (unpaired) electrons. The van der Waals surface area contributed by atoms with E-state index in [-0.39, 0.29) is 5.91 Å². The lowest BCUT2D eigenvalue weighted by Crippen LogP contribution is -2.46. The maximum atomic E-state index is 10.9. The number of nitrogens with zero attached hydrogens (tertiary/aromatic N) is 1. The van der Waals surface area contributed by atoms with Crippen LogP contribution in [0.25, 0.3) is 0 Å². The maximum absolute atomic E-state index is 10.9. The Labute approximate surface area is 114 Å². The van der Waals surface area contributed by atoms with E-state index in [9.17, 15) is 4.79 Å². The molecule has 0 aromatic heterocycles. The van der Waals surface area contributed by atoms with E-state index >= 15 is 0 Å². The fourth-order valence-electron chi connectivity index (χ4n) is 2.40. The second-order valence-electron chi connectivity index (χ2n) is 4.96. The van der Waals surface area contributed by atoms with Crippen LogP contribution in [0, 0.1) is 0 Å². The van der Waals surface area contributed by atoms with E-state index < -0.39 is 0 Å². The number of amides is 1. The van der Waals surface area contributed by atoms with Gasteiger partial charge in [0, 0.05) is 32.6 Å². The van der Waals surface area contributed by atoms with Crippen molar-refractivity contribution in [2.24, 2.45) is 0 Å². The molecule has 1 atom stereocenters. The lowest BCUT2D eigenvalue weighted by atomic mass is 10.1. The molecule has 1 saturated heterocycles. The molecule has 0 aliphatic carbocycles. The Kier molecular flexibility index (Phi) is 5.36. The largest absolute Gasteiger partial charge is 0.378 e. The van der Waals surface area contributed by atoms with Gasteiger partial charge in [-0.1, -0.05) is 30.3 Å². The maximum Gasteiger partial charge on any atom is 0.216 e. The van der Waals surface area contributed by atoms with E-state index in [0.29, 0.717) is 12.6 Å². The Balaban J connectivity index is 1.86. The van der Waals surface area contributed by atoms with E-state index in [1.807, 2.05) is 6.07 Å². The second kappa shape index (κ2) is 7.26. The normalized spacial score (nSPS) is 20.2. The summed E-state index contributed by atoms with van der Waals surface area (Å²) in [6.07, 6.45) is 0.937. The Bertz CT molecular complexity index is 394. The van der Waals surface area contributed by atoms with Gasteiger partial charge in [-0.2, -0.15) is 0 Å². The zero-order valence-electron chi connectivity index (χ0n) is 11.5. The topological polar surface area (TPSA) is 41.6 Å². The smallest absolute Gasteiger partial charge is 0.216 e. The Hall–Kier alpha value is -1.39. The van der Waals surface area contributed by atoms with E-state index in [2.05, 4.69) is 34.5 Å². The van der Waals surface area contributed by atoms with Gasteiger partial charge in [-0.15, -0.1) is 0 Å². The van der Waals surface area contributed by atoms with Crippen molar-refractivity contribution in [1.29, 1.82) is 0 Å². The molecule has 2 rings (SSSR count). The number of hydrogen-bond donors (Lipinski definition) is 1. The van der Waals surface area contributed by atoms with Gasteiger partial charge in [-0.05, 0) is 12.0 Å². The summed E-state index contributed by atoms with van der Waals surface area (Å²) in [5, 5.41) is 2.86. The SMILES string of the molecule is CC(=O)NCCC1COCCN1Cc1ccccc1. The number of benzene rings is 1. The summed E-state index contributed by atoms with van der Waals surface area (Å²) in [4.78, 5) is 13.3. The van der Waals surface area contributed by atoms with Gasteiger partial charge >= 0.3 is 0 Å². The summed E-state index contributed by atoms with van der Waals surface area (Å²) >= 11 is 0. The molecule has 1 N–H and O–H groups in total. The summed E-state index contributed by atoms with van der Waals surface area (Å²) in [7, 11) is 0. The van der Waals surface area contributed by atoms with Crippen LogP contribution in [0.2, 0.25) is 0 Å². The third kappa shape index (κ3) is 4.65. The first-order chi connectivity index (χ1) is 9.25. The third-order valence-corrected chi connectivity index (χ3v) is 3.43. The van der Waals surface area contributed by atoms with Crippen LogP contribution < -0.4 is 5.32 Å². The van der Waals surface area contributed by atoms with Crippen LogP contribution in [0.4, 0.5) is 0 Å². The number of nitrogens with one attached hydrogen (secondary N) is 1. The van der Waals surface area contributed by atoms with Gasteiger partial charge in [-0.3, -0.25) is 9.69 Å². The highest BCUT2D eigenvalue weighted by Gasteiger charge is 2.22. The molecule has 0 saturated carbocycles. The monoisotopic (exact) mass is 262 g/mol. The summed E-state index contributed by atoms with van der Waals surface area (Å²) in [5.74, 6) is 0.0336. The Morgan fingerprint density at radius 1 is 1.42 bits per heavy atom. The highest BCUT2D eigenvalue weighted by molar-refractivity contribution is 5.72. The molecule has 1 aromatic carbocycles. The quantitative estimate of drug-likeness (QED) is 0.872. The molecule has 0 bridgehead atoms. The van der Waals surface area contributed by atoms with Crippen LogP contribution in [0.1, 0.15) is 18.9 Å². The van der Waals surface area contributed by atoms with Crippen LogP contribution in [-0.4, -0.2) is 43.2 Å². The first kappa shape index (κ1) is 14.0. The van der Waals surface area contributed by atoms with E-state index in [1.54, 1.807) is 6.92 Å². The zero-order valence-corrected chi connectivity index (χ0v) is 11.5. The van der Waals surface area contributed by atoms with Crippen molar-refractivity contribution in [1.82, 2.24) is 10.2 Å². The van der Waals surface area contributed by atoms with Crippen molar-refractivity contribution in [2.45, 2.75) is 25.9 Å². The number of carbonyl (C=O) groups is 1. The van der Waals surface area contributed by atoms with Gasteiger partial charge in [0.15, 0.2) is 0 Å². The number of carbonyl (C=O) groups excluding carboxylic acids is 1. The van der Waals surface area contributed by atoms with Gasteiger partial charge < -0.3 is 10.1 Å². The Morgan fingerprint density at radius 2 is 2.21 bits per heavy atom. The van der Waals surface area contributed by atoms with Crippen LogP contribution in [-0.2, 0) is 16.1 Å². The molecule has 1 aromatic rings. The molecular weight excluding hydrogens is 240 g/mol. The van der Waals surface area contributed by atoms with Crippen molar-refractivity contribution in [3.63, 3.8) is 0 Å². The van der Waals surface area contributed by atoms with Gasteiger partial charge in [0.05, 0.1) is 13.2 Å². The highest BCUT2D eigenvalue weighted by atomic mass is 16.5. The van der Waals surface area contributed by atoms with Crippen molar-refractivity contribution in [2.75, 3.05) is 26.3 Å². The summed E-state index contributed by atoms with van der Waals surface area (Å²) < 4.78 is 5.55. The molecule has 1 aliphatic heterocycles. The van der Waals surface area contributed by atoms with Crippen molar-refractivity contribution in [3.8, 4) is 0 Å². The predicted octanol–water partition coefficient (Wildman–Crippen LogP) is 1.41.